The van der Waals surface area contributed by atoms with Crippen molar-refractivity contribution in [3.63, 3.8) is 0 Å². The molecule has 2 saturated carbocycles. The van der Waals surface area contributed by atoms with E-state index in [0.717, 1.165) is 24.3 Å². The Labute approximate surface area is 123 Å². The summed E-state index contributed by atoms with van der Waals surface area (Å²) in [5.74, 6) is 3.02. The molecule has 0 spiro atoms. The van der Waals surface area contributed by atoms with Gasteiger partial charge in [-0.2, -0.15) is 0 Å². The van der Waals surface area contributed by atoms with Gasteiger partial charge in [0.2, 0.25) is 0 Å². The standard InChI is InChI=1S/C18H28N2/c1-19-12-18(15-6-4-3-5-7-15)20(2)13-17-11-14-8-9-16(17)10-14/h3-7,14,16-19H,8-13H2,1-2H3. The minimum atomic E-state index is 0.500. The topological polar surface area (TPSA) is 15.3 Å². The third-order valence-electron chi connectivity index (χ3n) is 5.52. The van der Waals surface area contributed by atoms with E-state index >= 15 is 0 Å². The molecule has 2 heteroatoms. The van der Waals surface area contributed by atoms with Crippen molar-refractivity contribution < 1.29 is 0 Å². The molecule has 2 bridgehead atoms. The van der Waals surface area contributed by atoms with Crippen molar-refractivity contribution in [2.75, 3.05) is 27.2 Å². The number of hydrogen-bond donors (Lipinski definition) is 1. The smallest absolute Gasteiger partial charge is 0.0469 e. The van der Waals surface area contributed by atoms with Gasteiger partial charge in [-0.25, -0.2) is 0 Å². The van der Waals surface area contributed by atoms with Gasteiger partial charge in [-0.3, -0.25) is 4.90 Å². The Bertz CT molecular complexity index is 417. The number of likely N-dealkylation sites (N-methyl/N-ethyl adjacent to an activating group) is 2. The van der Waals surface area contributed by atoms with E-state index in [1.807, 2.05) is 0 Å². The zero-order valence-electron chi connectivity index (χ0n) is 12.9. The highest BCUT2D eigenvalue weighted by Crippen LogP contribution is 2.48. The molecular weight excluding hydrogens is 244 g/mol. The van der Waals surface area contributed by atoms with E-state index < -0.39 is 0 Å². The molecule has 0 aromatic heterocycles. The summed E-state index contributed by atoms with van der Waals surface area (Å²) in [7, 11) is 4.36. The highest BCUT2D eigenvalue weighted by atomic mass is 15.1. The summed E-state index contributed by atoms with van der Waals surface area (Å²) in [6.07, 6.45) is 5.99. The Kier molecular flexibility index (Phi) is 4.42. The largest absolute Gasteiger partial charge is 0.318 e. The molecule has 2 aliphatic rings. The number of nitrogens with one attached hydrogen (secondary N) is 1. The fourth-order valence-corrected chi connectivity index (χ4v) is 4.49. The zero-order chi connectivity index (χ0) is 13.9. The molecule has 2 aliphatic carbocycles. The Morgan fingerprint density at radius 2 is 2.00 bits per heavy atom. The second kappa shape index (κ2) is 6.28. The Balaban J connectivity index is 1.65. The maximum Gasteiger partial charge on any atom is 0.0469 e. The highest BCUT2D eigenvalue weighted by molar-refractivity contribution is 5.19. The van der Waals surface area contributed by atoms with E-state index in [2.05, 4.69) is 54.6 Å². The summed E-state index contributed by atoms with van der Waals surface area (Å²) in [6, 6.07) is 11.4. The predicted octanol–water partition coefficient (Wildman–Crippen LogP) is 3.32. The Hall–Kier alpha value is -0.860. The van der Waals surface area contributed by atoms with Crippen molar-refractivity contribution in [1.29, 1.82) is 0 Å². The first-order valence-corrected chi connectivity index (χ1v) is 8.17. The Morgan fingerprint density at radius 3 is 2.60 bits per heavy atom. The van der Waals surface area contributed by atoms with Gasteiger partial charge in [0, 0.05) is 19.1 Å². The van der Waals surface area contributed by atoms with E-state index in [0.29, 0.717) is 6.04 Å². The van der Waals surface area contributed by atoms with E-state index in [4.69, 9.17) is 0 Å². The fraction of sp³-hybridized carbons (Fsp3) is 0.667. The zero-order valence-corrected chi connectivity index (χ0v) is 12.9. The van der Waals surface area contributed by atoms with Crippen LogP contribution in [-0.4, -0.2) is 32.1 Å². The maximum atomic E-state index is 3.36. The lowest BCUT2D eigenvalue weighted by Gasteiger charge is -2.33. The van der Waals surface area contributed by atoms with Crippen LogP contribution >= 0.6 is 0 Å². The van der Waals surface area contributed by atoms with Crippen LogP contribution in [0.25, 0.3) is 0 Å². The van der Waals surface area contributed by atoms with Crippen LogP contribution in [0.15, 0.2) is 30.3 Å². The lowest BCUT2D eigenvalue weighted by atomic mass is 9.88. The average Bonchev–Trinajstić information content (AvgIpc) is 3.08. The summed E-state index contributed by atoms with van der Waals surface area (Å²) < 4.78 is 0. The molecule has 3 rings (SSSR count). The summed E-state index contributed by atoms with van der Waals surface area (Å²) in [5.41, 5.74) is 1.44. The van der Waals surface area contributed by atoms with Crippen molar-refractivity contribution in [2.24, 2.45) is 17.8 Å². The third kappa shape index (κ3) is 2.91. The first-order valence-electron chi connectivity index (χ1n) is 8.17. The molecule has 2 nitrogen and oxygen atoms in total. The van der Waals surface area contributed by atoms with Gasteiger partial charge >= 0.3 is 0 Å². The molecule has 0 saturated heterocycles. The van der Waals surface area contributed by atoms with Gasteiger partial charge in [0.15, 0.2) is 0 Å². The van der Waals surface area contributed by atoms with Gasteiger partial charge in [0.25, 0.3) is 0 Å². The molecule has 2 fully saturated rings. The second-order valence-electron chi connectivity index (χ2n) is 6.86. The normalized spacial score (nSPS) is 30.1. The number of fused-ring (bicyclic) bond motifs is 2. The number of rotatable bonds is 6. The van der Waals surface area contributed by atoms with Gasteiger partial charge in [-0.1, -0.05) is 36.8 Å². The van der Waals surface area contributed by atoms with Crippen LogP contribution in [0, 0.1) is 17.8 Å². The lowest BCUT2D eigenvalue weighted by molar-refractivity contribution is 0.171. The quantitative estimate of drug-likeness (QED) is 0.854. The average molecular weight is 272 g/mol. The van der Waals surface area contributed by atoms with Crippen LogP contribution < -0.4 is 5.32 Å². The van der Waals surface area contributed by atoms with Crippen LogP contribution in [0.4, 0.5) is 0 Å². The molecule has 110 valence electrons. The Morgan fingerprint density at radius 1 is 1.20 bits per heavy atom. The first kappa shape index (κ1) is 14.1. The number of hydrogen-bond acceptors (Lipinski definition) is 2. The van der Waals surface area contributed by atoms with E-state index in [-0.39, 0.29) is 0 Å². The van der Waals surface area contributed by atoms with Crippen LogP contribution in [0.3, 0.4) is 0 Å². The third-order valence-corrected chi connectivity index (χ3v) is 5.52. The molecule has 20 heavy (non-hydrogen) atoms. The summed E-state index contributed by atoms with van der Waals surface area (Å²) in [6.45, 7) is 2.30. The lowest BCUT2D eigenvalue weighted by Crippen LogP contribution is -2.36. The molecule has 1 N–H and O–H groups in total. The molecule has 0 heterocycles. The fourth-order valence-electron chi connectivity index (χ4n) is 4.49. The van der Waals surface area contributed by atoms with Crippen molar-refractivity contribution in [1.82, 2.24) is 10.2 Å². The van der Waals surface area contributed by atoms with Gasteiger partial charge in [-0.05, 0) is 56.7 Å². The van der Waals surface area contributed by atoms with Crippen molar-refractivity contribution in [2.45, 2.75) is 31.7 Å². The van der Waals surface area contributed by atoms with Gasteiger partial charge in [0.05, 0.1) is 0 Å². The minimum Gasteiger partial charge on any atom is -0.318 e. The molecule has 0 amide bonds. The van der Waals surface area contributed by atoms with E-state index in [9.17, 15) is 0 Å². The minimum absolute atomic E-state index is 0.500. The summed E-state index contributed by atoms with van der Waals surface area (Å²) in [5, 5.41) is 3.36. The van der Waals surface area contributed by atoms with Gasteiger partial charge in [0.1, 0.15) is 0 Å². The molecular formula is C18H28N2. The molecule has 1 aromatic carbocycles. The summed E-state index contributed by atoms with van der Waals surface area (Å²) in [4.78, 5) is 2.58. The van der Waals surface area contributed by atoms with Crippen LogP contribution in [0.1, 0.15) is 37.3 Å². The van der Waals surface area contributed by atoms with Gasteiger partial charge < -0.3 is 5.32 Å². The van der Waals surface area contributed by atoms with Crippen molar-refractivity contribution in [3.05, 3.63) is 35.9 Å². The highest BCUT2D eigenvalue weighted by Gasteiger charge is 2.40. The number of nitrogens with zero attached hydrogens (tertiary/aromatic N) is 1. The van der Waals surface area contributed by atoms with E-state index in [1.54, 1.807) is 0 Å². The molecule has 0 radical (unpaired) electrons. The number of benzene rings is 1. The van der Waals surface area contributed by atoms with Gasteiger partial charge in [-0.15, -0.1) is 0 Å². The first-order chi connectivity index (χ1) is 9.78. The predicted molar refractivity (Wildman–Crippen MR) is 84.7 cm³/mol. The molecule has 4 atom stereocenters. The SMILES string of the molecule is CNCC(c1ccccc1)N(C)CC1CC2CCC1C2. The second-order valence-corrected chi connectivity index (χ2v) is 6.86. The van der Waals surface area contributed by atoms with Crippen molar-refractivity contribution in [3.8, 4) is 0 Å². The maximum absolute atomic E-state index is 3.36. The molecule has 4 unspecified atom stereocenters. The monoisotopic (exact) mass is 272 g/mol. The van der Waals surface area contributed by atoms with Crippen LogP contribution in [0.2, 0.25) is 0 Å². The van der Waals surface area contributed by atoms with E-state index in [1.165, 1.54) is 37.8 Å². The molecule has 1 aromatic rings. The van der Waals surface area contributed by atoms with Crippen LogP contribution in [0.5, 0.6) is 0 Å². The summed E-state index contributed by atoms with van der Waals surface area (Å²) >= 11 is 0. The van der Waals surface area contributed by atoms with Crippen molar-refractivity contribution >= 4 is 0 Å². The molecule has 0 aliphatic heterocycles. The van der Waals surface area contributed by atoms with Crippen LogP contribution in [-0.2, 0) is 0 Å².